The summed E-state index contributed by atoms with van der Waals surface area (Å²) in [5, 5.41) is 2.99. The highest BCUT2D eigenvalue weighted by atomic mass is 16.5. The highest BCUT2D eigenvalue weighted by Crippen LogP contribution is 2.29. The zero-order valence-electron chi connectivity index (χ0n) is 15.9. The van der Waals surface area contributed by atoms with Crippen molar-refractivity contribution in [3.8, 4) is 0 Å². The normalized spacial score (nSPS) is 16.4. The molecule has 1 amide bonds. The van der Waals surface area contributed by atoms with Gasteiger partial charge in [0.1, 0.15) is 0 Å². The summed E-state index contributed by atoms with van der Waals surface area (Å²) in [5.41, 5.74) is 2.96. The van der Waals surface area contributed by atoms with E-state index in [0.29, 0.717) is 5.56 Å². The molecule has 0 unspecified atom stereocenters. The fourth-order valence-corrected chi connectivity index (χ4v) is 3.34. The van der Waals surface area contributed by atoms with Gasteiger partial charge in [-0.05, 0) is 61.6 Å². The number of carbonyl (C=O) groups excluding carboxylic acids is 3. The maximum atomic E-state index is 12.5. The molecule has 6 heteroatoms. The van der Waals surface area contributed by atoms with Crippen LogP contribution in [0.25, 0.3) is 0 Å². The predicted molar refractivity (Wildman–Crippen MR) is 103 cm³/mol. The second kappa shape index (κ2) is 8.69. The number of amides is 1. The Bertz CT molecular complexity index is 875. The van der Waals surface area contributed by atoms with Gasteiger partial charge < -0.3 is 14.8 Å². The van der Waals surface area contributed by atoms with E-state index in [1.807, 2.05) is 18.2 Å². The first-order valence-electron chi connectivity index (χ1n) is 9.27. The van der Waals surface area contributed by atoms with Crippen molar-refractivity contribution < 1.29 is 23.9 Å². The number of esters is 2. The SMILES string of the molecule is COC(=O)c1ccc(C(=O)O[C@@H](C)C(=O)N[C@@H]2CCCc3ccccc32)cc1. The van der Waals surface area contributed by atoms with Gasteiger partial charge in [-0.2, -0.15) is 0 Å². The molecule has 2 aromatic rings. The second-order valence-electron chi connectivity index (χ2n) is 6.77. The Hall–Kier alpha value is -3.15. The molecule has 0 fully saturated rings. The molecule has 0 aromatic heterocycles. The summed E-state index contributed by atoms with van der Waals surface area (Å²) in [4.78, 5) is 36.3. The molecule has 0 saturated carbocycles. The minimum atomic E-state index is -0.929. The van der Waals surface area contributed by atoms with Crippen molar-refractivity contribution in [3.63, 3.8) is 0 Å². The number of carbonyl (C=O) groups is 3. The lowest BCUT2D eigenvalue weighted by molar-refractivity contribution is -0.130. The predicted octanol–water partition coefficient (Wildman–Crippen LogP) is 3.21. The number of aryl methyl sites for hydroxylation is 1. The third-order valence-electron chi connectivity index (χ3n) is 4.88. The lowest BCUT2D eigenvalue weighted by atomic mass is 9.87. The smallest absolute Gasteiger partial charge is 0.338 e. The quantitative estimate of drug-likeness (QED) is 0.805. The molecular formula is C22H23NO5. The van der Waals surface area contributed by atoms with Crippen LogP contribution in [0.2, 0.25) is 0 Å². The van der Waals surface area contributed by atoms with E-state index < -0.39 is 18.0 Å². The van der Waals surface area contributed by atoms with E-state index >= 15 is 0 Å². The summed E-state index contributed by atoms with van der Waals surface area (Å²) in [6.07, 6.45) is 1.94. The molecule has 146 valence electrons. The third kappa shape index (κ3) is 4.39. The van der Waals surface area contributed by atoms with Crippen LogP contribution in [0.5, 0.6) is 0 Å². The lowest BCUT2D eigenvalue weighted by Crippen LogP contribution is -2.39. The summed E-state index contributed by atoms with van der Waals surface area (Å²) in [7, 11) is 1.29. The average Bonchev–Trinajstić information content (AvgIpc) is 2.73. The minimum Gasteiger partial charge on any atom is -0.465 e. The van der Waals surface area contributed by atoms with Gasteiger partial charge in [0.05, 0.1) is 24.3 Å². The van der Waals surface area contributed by atoms with Gasteiger partial charge in [-0.25, -0.2) is 9.59 Å². The number of nitrogens with one attached hydrogen (secondary N) is 1. The molecular weight excluding hydrogens is 358 g/mol. The average molecular weight is 381 g/mol. The second-order valence-corrected chi connectivity index (χ2v) is 6.77. The van der Waals surface area contributed by atoms with Crippen LogP contribution in [0, 0.1) is 0 Å². The maximum absolute atomic E-state index is 12.5. The van der Waals surface area contributed by atoms with E-state index in [4.69, 9.17) is 4.74 Å². The van der Waals surface area contributed by atoms with Gasteiger partial charge in [0, 0.05) is 0 Å². The van der Waals surface area contributed by atoms with Crippen molar-refractivity contribution in [2.75, 3.05) is 7.11 Å². The van der Waals surface area contributed by atoms with Crippen molar-refractivity contribution in [3.05, 3.63) is 70.8 Å². The van der Waals surface area contributed by atoms with Crippen LogP contribution >= 0.6 is 0 Å². The van der Waals surface area contributed by atoms with E-state index in [9.17, 15) is 14.4 Å². The number of ether oxygens (including phenoxy) is 2. The molecule has 2 aromatic carbocycles. The Morgan fingerprint density at radius 2 is 1.64 bits per heavy atom. The summed E-state index contributed by atoms with van der Waals surface area (Å²) in [5.74, 6) is -1.44. The third-order valence-corrected chi connectivity index (χ3v) is 4.88. The molecule has 0 radical (unpaired) electrons. The van der Waals surface area contributed by atoms with E-state index in [0.717, 1.165) is 24.8 Å². The largest absolute Gasteiger partial charge is 0.465 e. The van der Waals surface area contributed by atoms with Crippen LogP contribution in [0.1, 0.15) is 57.7 Å². The Balaban J connectivity index is 1.60. The Morgan fingerprint density at radius 3 is 2.32 bits per heavy atom. The molecule has 0 spiro atoms. The summed E-state index contributed by atoms with van der Waals surface area (Å²) in [6, 6.07) is 13.9. The van der Waals surface area contributed by atoms with E-state index in [1.54, 1.807) is 6.92 Å². The highest BCUT2D eigenvalue weighted by Gasteiger charge is 2.25. The topological polar surface area (TPSA) is 81.7 Å². The van der Waals surface area contributed by atoms with Crippen molar-refractivity contribution in [1.82, 2.24) is 5.32 Å². The first-order valence-corrected chi connectivity index (χ1v) is 9.27. The Morgan fingerprint density at radius 1 is 1.00 bits per heavy atom. The molecule has 28 heavy (non-hydrogen) atoms. The van der Waals surface area contributed by atoms with Gasteiger partial charge in [0.15, 0.2) is 6.10 Å². The first-order chi connectivity index (χ1) is 13.5. The Labute approximate surface area is 163 Å². The summed E-state index contributed by atoms with van der Waals surface area (Å²) in [6.45, 7) is 1.55. The maximum Gasteiger partial charge on any atom is 0.338 e. The molecule has 1 N–H and O–H groups in total. The van der Waals surface area contributed by atoms with Crippen molar-refractivity contribution in [1.29, 1.82) is 0 Å². The van der Waals surface area contributed by atoms with Crippen LogP contribution in [-0.2, 0) is 20.7 Å². The van der Waals surface area contributed by atoms with Crippen molar-refractivity contribution in [2.45, 2.75) is 38.3 Å². The van der Waals surface area contributed by atoms with Crippen LogP contribution in [-0.4, -0.2) is 31.1 Å². The molecule has 1 aliphatic rings. The monoisotopic (exact) mass is 381 g/mol. The van der Waals surface area contributed by atoms with Crippen molar-refractivity contribution in [2.24, 2.45) is 0 Å². The van der Waals surface area contributed by atoms with E-state index in [2.05, 4.69) is 16.1 Å². The Kier molecular flexibility index (Phi) is 6.09. The number of hydrogen-bond acceptors (Lipinski definition) is 5. The van der Waals surface area contributed by atoms with Gasteiger partial charge in [-0.15, -0.1) is 0 Å². The minimum absolute atomic E-state index is 0.0714. The molecule has 6 nitrogen and oxygen atoms in total. The van der Waals surface area contributed by atoms with Crippen LogP contribution in [0.15, 0.2) is 48.5 Å². The van der Waals surface area contributed by atoms with E-state index in [-0.39, 0.29) is 17.5 Å². The number of fused-ring (bicyclic) bond motifs is 1. The number of methoxy groups -OCH3 is 1. The molecule has 0 heterocycles. The van der Waals surface area contributed by atoms with Gasteiger partial charge >= 0.3 is 11.9 Å². The fourth-order valence-electron chi connectivity index (χ4n) is 3.34. The van der Waals surface area contributed by atoms with Crippen LogP contribution < -0.4 is 5.32 Å². The lowest BCUT2D eigenvalue weighted by Gasteiger charge is -2.27. The summed E-state index contributed by atoms with van der Waals surface area (Å²) < 4.78 is 9.91. The number of hydrogen-bond donors (Lipinski definition) is 1. The molecule has 2 atom stereocenters. The molecule has 1 aliphatic carbocycles. The van der Waals surface area contributed by atoms with Crippen LogP contribution in [0.3, 0.4) is 0 Å². The summed E-state index contributed by atoms with van der Waals surface area (Å²) >= 11 is 0. The number of benzene rings is 2. The van der Waals surface area contributed by atoms with Crippen LogP contribution in [0.4, 0.5) is 0 Å². The molecule has 3 rings (SSSR count). The number of rotatable bonds is 5. The van der Waals surface area contributed by atoms with Gasteiger partial charge in [0.2, 0.25) is 0 Å². The van der Waals surface area contributed by atoms with Crippen molar-refractivity contribution >= 4 is 17.8 Å². The molecule has 0 aliphatic heterocycles. The molecule has 0 bridgehead atoms. The molecule has 0 saturated heterocycles. The highest BCUT2D eigenvalue weighted by molar-refractivity contribution is 5.94. The van der Waals surface area contributed by atoms with Gasteiger partial charge in [-0.3, -0.25) is 4.79 Å². The van der Waals surface area contributed by atoms with Gasteiger partial charge in [-0.1, -0.05) is 24.3 Å². The standard InChI is InChI=1S/C22H23NO5/c1-14(28-22(26)17-12-10-16(11-13-17)21(25)27-2)20(24)23-19-9-5-7-15-6-3-4-8-18(15)19/h3-4,6,8,10-14,19H,5,7,9H2,1-2H3,(H,23,24)/t14-,19+/m0/s1. The van der Waals surface area contributed by atoms with E-state index in [1.165, 1.54) is 36.9 Å². The zero-order chi connectivity index (χ0) is 20.1. The van der Waals surface area contributed by atoms with Gasteiger partial charge in [0.25, 0.3) is 5.91 Å². The fraction of sp³-hybridized carbons (Fsp3) is 0.318. The zero-order valence-corrected chi connectivity index (χ0v) is 15.9. The first kappa shape index (κ1) is 19.6.